The zero-order valence-electron chi connectivity index (χ0n) is 12.6. The van der Waals surface area contributed by atoms with Gasteiger partial charge in [-0.2, -0.15) is 0 Å². The quantitative estimate of drug-likeness (QED) is 0.878. The van der Waals surface area contributed by atoms with Crippen LogP contribution in [-0.4, -0.2) is 24.0 Å². The Hall–Kier alpha value is -0.940. The lowest BCUT2D eigenvalue weighted by molar-refractivity contribution is -0.123. The Morgan fingerprint density at radius 3 is 3.00 bits per heavy atom. The molecule has 1 aliphatic rings. The Morgan fingerprint density at radius 2 is 2.40 bits per heavy atom. The van der Waals surface area contributed by atoms with Gasteiger partial charge in [-0.25, -0.2) is 4.98 Å². The zero-order valence-corrected chi connectivity index (χ0v) is 13.4. The van der Waals surface area contributed by atoms with Gasteiger partial charge in [-0.1, -0.05) is 6.92 Å². The SMILES string of the molecule is Cc1csc(C(C)NC(=O)CC(C)C2CCCNC2)n1. The van der Waals surface area contributed by atoms with E-state index in [-0.39, 0.29) is 11.9 Å². The zero-order chi connectivity index (χ0) is 14.5. The Labute approximate surface area is 125 Å². The summed E-state index contributed by atoms with van der Waals surface area (Å²) in [6.07, 6.45) is 3.08. The van der Waals surface area contributed by atoms with Crippen LogP contribution < -0.4 is 10.6 Å². The highest BCUT2D eigenvalue weighted by Gasteiger charge is 2.23. The summed E-state index contributed by atoms with van der Waals surface area (Å²) < 4.78 is 0. The highest BCUT2D eigenvalue weighted by atomic mass is 32.1. The van der Waals surface area contributed by atoms with Crippen LogP contribution in [0.3, 0.4) is 0 Å². The number of carbonyl (C=O) groups excluding carboxylic acids is 1. The van der Waals surface area contributed by atoms with E-state index in [0.717, 1.165) is 23.8 Å². The molecule has 1 aromatic rings. The summed E-state index contributed by atoms with van der Waals surface area (Å²) >= 11 is 1.61. The van der Waals surface area contributed by atoms with E-state index in [9.17, 15) is 4.79 Å². The Balaban J connectivity index is 1.79. The first-order valence-corrected chi connectivity index (χ1v) is 8.36. The molecule has 112 valence electrons. The second-order valence-corrected chi connectivity index (χ2v) is 6.79. The molecule has 0 saturated carbocycles. The number of hydrogen-bond acceptors (Lipinski definition) is 4. The molecule has 3 unspecified atom stereocenters. The number of hydrogen-bond donors (Lipinski definition) is 2. The second kappa shape index (κ2) is 7.18. The Kier molecular flexibility index (Phi) is 5.54. The summed E-state index contributed by atoms with van der Waals surface area (Å²) in [7, 11) is 0. The van der Waals surface area contributed by atoms with Crippen molar-refractivity contribution in [3.8, 4) is 0 Å². The summed E-state index contributed by atoms with van der Waals surface area (Å²) in [5.74, 6) is 1.21. The topological polar surface area (TPSA) is 54.0 Å². The molecule has 4 nitrogen and oxygen atoms in total. The van der Waals surface area contributed by atoms with Crippen molar-refractivity contribution in [2.45, 2.75) is 46.1 Å². The van der Waals surface area contributed by atoms with Crippen LogP contribution in [-0.2, 0) is 4.79 Å². The van der Waals surface area contributed by atoms with Gasteiger partial charge in [-0.3, -0.25) is 4.79 Å². The van der Waals surface area contributed by atoms with Gasteiger partial charge in [-0.05, 0) is 51.6 Å². The van der Waals surface area contributed by atoms with Crippen molar-refractivity contribution in [1.82, 2.24) is 15.6 Å². The molecule has 0 radical (unpaired) electrons. The second-order valence-electron chi connectivity index (χ2n) is 5.90. The van der Waals surface area contributed by atoms with Crippen molar-refractivity contribution in [2.24, 2.45) is 11.8 Å². The maximum Gasteiger partial charge on any atom is 0.220 e. The Bertz CT molecular complexity index is 440. The van der Waals surface area contributed by atoms with Gasteiger partial charge in [0, 0.05) is 17.5 Å². The summed E-state index contributed by atoms with van der Waals surface area (Å²) in [6, 6.07) is 0.0119. The van der Waals surface area contributed by atoms with E-state index >= 15 is 0 Å². The molecule has 1 aliphatic heterocycles. The van der Waals surface area contributed by atoms with Gasteiger partial charge in [0.15, 0.2) is 0 Å². The summed E-state index contributed by atoms with van der Waals surface area (Å²) in [6.45, 7) is 8.34. The van der Waals surface area contributed by atoms with Crippen LogP contribution in [0, 0.1) is 18.8 Å². The van der Waals surface area contributed by atoms with Crippen molar-refractivity contribution < 1.29 is 4.79 Å². The molecule has 1 amide bonds. The first kappa shape index (κ1) is 15.4. The third-order valence-electron chi connectivity index (χ3n) is 4.03. The number of aryl methyl sites for hydroxylation is 1. The van der Waals surface area contributed by atoms with Gasteiger partial charge in [0.2, 0.25) is 5.91 Å². The fraction of sp³-hybridized carbons (Fsp3) is 0.733. The first-order valence-electron chi connectivity index (χ1n) is 7.48. The number of nitrogens with zero attached hydrogens (tertiary/aromatic N) is 1. The van der Waals surface area contributed by atoms with E-state index in [1.807, 2.05) is 19.2 Å². The number of aromatic nitrogens is 1. The van der Waals surface area contributed by atoms with Gasteiger partial charge in [0.25, 0.3) is 0 Å². The molecule has 1 aromatic heterocycles. The van der Waals surface area contributed by atoms with Crippen LogP contribution in [0.5, 0.6) is 0 Å². The molecule has 1 fully saturated rings. The third kappa shape index (κ3) is 4.28. The maximum atomic E-state index is 12.1. The molecule has 0 aromatic carbocycles. The van der Waals surface area contributed by atoms with Crippen LogP contribution >= 0.6 is 11.3 Å². The van der Waals surface area contributed by atoms with E-state index in [1.54, 1.807) is 11.3 Å². The fourth-order valence-electron chi connectivity index (χ4n) is 2.76. The predicted molar refractivity (Wildman–Crippen MR) is 82.8 cm³/mol. The molecule has 2 rings (SSSR count). The minimum Gasteiger partial charge on any atom is -0.347 e. The number of nitrogens with one attached hydrogen (secondary N) is 2. The van der Waals surface area contributed by atoms with Crippen molar-refractivity contribution in [2.75, 3.05) is 13.1 Å². The van der Waals surface area contributed by atoms with E-state index in [4.69, 9.17) is 0 Å². The number of amides is 1. The van der Waals surface area contributed by atoms with Crippen molar-refractivity contribution in [3.05, 3.63) is 16.1 Å². The average molecular weight is 295 g/mol. The predicted octanol–water partition coefficient (Wildman–Crippen LogP) is 2.65. The van der Waals surface area contributed by atoms with Crippen LogP contribution in [0.1, 0.15) is 49.9 Å². The number of rotatable bonds is 5. The molecular formula is C15H25N3OS. The molecule has 2 N–H and O–H groups in total. The third-order valence-corrected chi connectivity index (χ3v) is 5.18. The highest BCUT2D eigenvalue weighted by Crippen LogP contribution is 2.23. The van der Waals surface area contributed by atoms with Crippen LogP contribution in [0.15, 0.2) is 5.38 Å². The van der Waals surface area contributed by atoms with E-state index < -0.39 is 0 Å². The van der Waals surface area contributed by atoms with Gasteiger partial charge < -0.3 is 10.6 Å². The number of thiazole rings is 1. The standard InChI is InChI=1S/C15H25N3OS/c1-10(13-5-4-6-16-8-13)7-14(19)18-12(3)15-17-11(2)9-20-15/h9-10,12-13,16H,4-8H2,1-3H3,(H,18,19). The Morgan fingerprint density at radius 1 is 1.60 bits per heavy atom. The van der Waals surface area contributed by atoms with Crippen LogP contribution in [0.4, 0.5) is 0 Å². The average Bonchev–Trinajstić information content (AvgIpc) is 2.86. The van der Waals surface area contributed by atoms with Crippen molar-refractivity contribution in [1.29, 1.82) is 0 Å². The molecule has 0 bridgehead atoms. The maximum absolute atomic E-state index is 12.1. The molecule has 0 spiro atoms. The van der Waals surface area contributed by atoms with Gasteiger partial charge >= 0.3 is 0 Å². The van der Waals surface area contributed by atoms with E-state index in [1.165, 1.54) is 12.8 Å². The van der Waals surface area contributed by atoms with Gasteiger partial charge in [-0.15, -0.1) is 11.3 Å². The van der Waals surface area contributed by atoms with Gasteiger partial charge in [0.05, 0.1) is 6.04 Å². The van der Waals surface area contributed by atoms with E-state index in [0.29, 0.717) is 18.3 Å². The minimum absolute atomic E-state index is 0.0119. The molecular weight excluding hydrogens is 270 g/mol. The first-order chi connectivity index (χ1) is 9.56. The molecule has 20 heavy (non-hydrogen) atoms. The lowest BCUT2D eigenvalue weighted by Crippen LogP contribution is -2.36. The van der Waals surface area contributed by atoms with Crippen molar-refractivity contribution in [3.63, 3.8) is 0 Å². The summed E-state index contributed by atoms with van der Waals surface area (Å²) in [5, 5.41) is 9.50. The van der Waals surface area contributed by atoms with Crippen LogP contribution in [0.2, 0.25) is 0 Å². The largest absolute Gasteiger partial charge is 0.347 e. The van der Waals surface area contributed by atoms with E-state index in [2.05, 4.69) is 22.5 Å². The molecule has 3 atom stereocenters. The molecule has 1 saturated heterocycles. The normalized spacial score (nSPS) is 22.2. The number of carbonyl (C=O) groups is 1. The summed E-state index contributed by atoms with van der Waals surface area (Å²) in [4.78, 5) is 16.6. The summed E-state index contributed by atoms with van der Waals surface area (Å²) in [5.41, 5.74) is 1.02. The monoisotopic (exact) mass is 295 g/mol. The molecule has 2 heterocycles. The smallest absolute Gasteiger partial charge is 0.220 e. The molecule has 5 heteroatoms. The minimum atomic E-state index is 0.0119. The lowest BCUT2D eigenvalue weighted by atomic mass is 9.85. The molecule has 0 aliphatic carbocycles. The van der Waals surface area contributed by atoms with Crippen LogP contribution in [0.25, 0.3) is 0 Å². The fourth-order valence-corrected chi connectivity index (χ4v) is 3.56. The lowest BCUT2D eigenvalue weighted by Gasteiger charge is -2.28. The van der Waals surface area contributed by atoms with Crippen molar-refractivity contribution >= 4 is 17.2 Å². The highest BCUT2D eigenvalue weighted by molar-refractivity contribution is 7.09. The number of piperidine rings is 1. The van der Waals surface area contributed by atoms with Gasteiger partial charge in [0.1, 0.15) is 5.01 Å².